The molecule has 2 rings (SSSR count). The Morgan fingerprint density at radius 1 is 0.643 bits per heavy atom. The first-order valence-electron chi connectivity index (χ1n) is 3.53. The van der Waals surface area contributed by atoms with Gasteiger partial charge in [0, 0.05) is 20.4 Å². The molecule has 0 spiro atoms. The molecule has 14 heavy (non-hydrogen) atoms. The van der Waals surface area contributed by atoms with E-state index in [4.69, 9.17) is 23.2 Å². The zero-order chi connectivity index (χ0) is 8.81. The van der Waals surface area contributed by atoms with Gasteiger partial charge in [-0.15, -0.1) is 0 Å². The van der Waals surface area contributed by atoms with Gasteiger partial charge >= 0.3 is 17.1 Å². The SMILES string of the molecule is Cl[c-]1cccc1.Cl[c-]1cccc1.[Fe+2].[Pd]. The maximum Gasteiger partial charge on any atom is 2.00 e. The first kappa shape index (κ1) is 16.9. The van der Waals surface area contributed by atoms with E-state index in [0.717, 1.165) is 10.0 Å². The third kappa shape index (κ3) is 7.83. The molecule has 0 fully saturated rings. The summed E-state index contributed by atoms with van der Waals surface area (Å²) in [6, 6.07) is 15.0. The summed E-state index contributed by atoms with van der Waals surface area (Å²) in [7, 11) is 0. The van der Waals surface area contributed by atoms with E-state index in [2.05, 4.69) is 0 Å². The molecule has 0 unspecified atom stereocenters. The first-order valence-corrected chi connectivity index (χ1v) is 4.29. The van der Waals surface area contributed by atoms with Crippen LogP contribution in [0.2, 0.25) is 10.0 Å². The van der Waals surface area contributed by atoms with Crippen LogP contribution in [-0.2, 0) is 37.5 Å². The van der Waals surface area contributed by atoms with Crippen molar-refractivity contribution in [3.63, 3.8) is 0 Å². The van der Waals surface area contributed by atoms with Gasteiger partial charge in [-0.1, -0.05) is 10.0 Å². The summed E-state index contributed by atoms with van der Waals surface area (Å²) < 4.78 is 0. The van der Waals surface area contributed by atoms with Gasteiger partial charge < -0.3 is 0 Å². The predicted molar refractivity (Wildman–Crippen MR) is 54.1 cm³/mol. The van der Waals surface area contributed by atoms with Crippen LogP contribution >= 0.6 is 23.2 Å². The second kappa shape index (κ2) is 10.00. The van der Waals surface area contributed by atoms with Crippen LogP contribution in [-0.4, -0.2) is 0 Å². The topological polar surface area (TPSA) is 0 Å². The first-order chi connectivity index (χ1) is 5.79. The Morgan fingerprint density at radius 2 is 0.857 bits per heavy atom. The van der Waals surface area contributed by atoms with Crippen LogP contribution in [0.25, 0.3) is 0 Å². The zero-order valence-corrected chi connectivity index (χ0v) is 11.2. The molecule has 0 heterocycles. The summed E-state index contributed by atoms with van der Waals surface area (Å²) in [6.07, 6.45) is 0. The number of halogens is 2. The molecule has 0 N–H and O–H groups in total. The minimum Gasteiger partial charge on any atom is -0.212 e. The van der Waals surface area contributed by atoms with Crippen molar-refractivity contribution in [2.24, 2.45) is 0 Å². The third-order valence-electron chi connectivity index (χ3n) is 1.24. The van der Waals surface area contributed by atoms with Crippen LogP contribution in [0.4, 0.5) is 0 Å². The molecular formula is C10H8Cl2FePd. The van der Waals surface area contributed by atoms with Crippen LogP contribution in [0.3, 0.4) is 0 Å². The van der Waals surface area contributed by atoms with Gasteiger partial charge in [0.25, 0.3) is 0 Å². The van der Waals surface area contributed by atoms with Gasteiger partial charge in [-0.25, -0.2) is 24.3 Å². The van der Waals surface area contributed by atoms with E-state index in [1.807, 2.05) is 48.5 Å². The Kier molecular flexibility index (Phi) is 12.0. The summed E-state index contributed by atoms with van der Waals surface area (Å²) in [6.45, 7) is 0. The maximum atomic E-state index is 5.46. The number of hydrogen-bond donors (Lipinski definition) is 0. The van der Waals surface area contributed by atoms with Crippen molar-refractivity contribution < 1.29 is 37.5 Å². The molecule has 0 radical (unpaired) electrons. The molecular weight excluding hydrogens is 353 g/mol. The standard InChI is InChI=1S/2C5H4Cl.Fe.Pd/c2*6-5-3-1-2-4-5;;/h2*1-4H;;/q2*-1;+2;. The van der Waals surface area contributed by atoms with E-state index < -0.39 is 0 Å². The molecule has 2 aromatic rings. The van der Waals surface area contributed by atoms with Crippen molar-refractivity contribution >= 4 is 23.2 Å². The van der Waals surface area contributed by atoms with E-state index in [0.29, 0.717) is 0 Å². The quantitative estimate of drug-likeness (QED) is 0.489. The van der Waals surface area contributed by atoms with Crippen LogP contribution in [0.5, 0.6) is 0 Å². The number of hydrogen-bond acceptors (Lipinski definition) is 0. The average molecular weight is 361 g/mol. The van der Waals surface area contributed by atoms with E-state index >= 15 is 0 Å². The summed E-state index contributed by atoms with van der Waals surface area (Å²) in [5, 5.41) is 1.63. The molecule has 0 amide bonds. The Morgan fingerprint density at radius 3 is 0.929 bits per heavy atom. The van der Waals surface area contributed by atoms with Crippen molar-refractivity contribution in [2.75, 3.05) is 0 Å². The monoisotopic (exact) mass is 360 g/mol. The molecule has 0 nitrogen and oxygen atoms in total. The van der Waals surface area contributed by atoms with Crippen molar-refractivity contribution in [2.45, 2.75) is 0 Å². The molecule has 2 aromatic carbocycles. The van der Waals surface area contributed by atoms with Crippen LogP contribution < -0.4 is 0 Å². The van der Waals surface area contributed by atoms with Gasteiger partial charge in [0.15, 0.2) is 0 Å². The zero-order valence-electron chi connectivity index (χ0n) is 7.04. The van der Waals surface area contributed by atoms with Gasteiger partial charge in [0.2, 0.25) is 0 Å². The molecule has 0 aliphatic heterocycles. The minimum absolute atomic E-state index is 0. The fourth-order valence-electron chi connectivity index (χ4n) is 0.701. The fraction of sp³-hybridized carbons (Fsp3) is 0. The number of rotatable bonds is 0. The normalized spacial score (nSPS) is 7.57. The second-order valence-electron chi connectivity index (χ2n) is 2.21. The second-order valence-corrected chi connectivity index (χ2v) is 3.08. The molecule has 0 bridgehead atoms. The van der Waals surface area contributed by atoms with E-state index in [9.17, 15) is 0 Å². The minimum atomic E-state index is 0. The van der Waals surface area contributed by atoms with Gasteiger partial charge in [-0.2, -0.15) is 47.5 Å². The Labute approximate surface area is 118 Å². The molecule has 4 heteroatoms. The van der Waals surface area contributed by atoms with Crippen LogP contribution in [0, 0.1) is 0 Å². The third-order valence-corrected chi connectivity index (χ3v) is 1.75. The Balaban J connectivity index is 0. The molecule has 0 aliphatic rings. The Hall–Kier alpha value is 0.462. The fourth-order valence-corrected chi connectivity index (χ4v) is 0.992. The van der Waals surface area contributed by atoms with Gasteiger partial charge in [-0.05, 0) is 0 Å². The van der Waals surface area contributed by atoms with E-state index in [1.165, 1.54) is 0 Å². The summed E-state index contributed by atoms with van der Waals surface area (Å²) in [5.41, 5.74) is 0. The van der Waals surface area contributed by atoms with E-state index in [-0.39, 0.29) is 37.5 Å². The molecule has 0 saturated carbocycles. The van der Waals surface area contributed by atoms with Crippen molar-refractivity contribution in [3.05, 3.63) is 58.6 Å². The Bertz CT molecular complexity index is 258. The largest absolute Gasteiger partial charge is 2.00 e. The van der Waals surface area contributed by atoms with Crippen LogP contribution in [0.1, 0.15) is 0 Å². The summed E-state index contributed by atoms with van der Waals surface area (Å²) >= 11 is 10.9. The molecule has 0 aliphatic carbocycles. The van der Waals surface area contributed by atoms with Gasteiger partial charge in [-0.3, -0.25) is 0 Å². The maximum absolute atomic E-state index is 5.46. The smallest absolute Gasteiger partial charge is 0.212 e. The summed E-state index contributed by atoms with van der Waals surface area (Å²) in [4.78, 5) is 0. The molecule has 0 aromatic heterocycles. The molecule has 0 atom stereocenters. The molecule has 0 saturated heterocycles. The van der Waals surface area contributed by atoms with Gasteiger partial charge in [0.1, 0.15) is 0 Å². The van der Waals surface area contributed by atoms with Crippen molar-refractivity contribution in [3.8, 4) is 0 Å². The van der Waals surface area contributed by atoms with Gasteiger partial charge in [0.05, 0.1) is 0 Å². The molecule has 80 valence electrons. The van der Waals surface area contributed by atoms with Crippen LogP contribution in [0.15, 0.2) is 48.5 Å². The van der Waals surface area contributed by atoms with E-state index in [1.54, 1.807) is 0 Å². The predicted octanol–water partition coefficient (Wildman–Crippen LogP) is 4.11. The average Bonchev–Trinajstić information content (AvgIpc) is 2.63. The van der Waals surface area contributed by atoms with Crippen molar-refractivity contribution in [1.29, 1.82) is 0 Å². The van der Waals surface area contributed by atoms with Crippen molar-refractivity contribution in [1.82, 2.24) is 0 Å². The summed E-state index contributed by atoms with van der Waals surface area (Å²) in [5.74, 6) is 0.